The van der Waals surface area contributed by atoms with Crippen molar-refractivity contribution in [3.8, 4) is 5.40 Å². The minimum Gasteiger partial charge on any atom is -0.696 e. The van der Waals surface area contributed by atoms with Crippen molar-refractivity contribution in [2.24, 2.45) is 5.16 Å². The number of aromatic nitrogens is 3. The molecule has 2 aliphatic heterocycles. The molecular formula is C23H22N8O5S3. The van der Waals surface area contributed by atoms with Gasteiger partial charge in [0.05, 0.1) is 0 Å². The van der Waals surface area contributed by atoms with Crippen LogP contribution in [0.25, 0.3) is 0 Å². The molecule has 2 aromatic rings. The van der Waals surface area contributed by atoms with E-state index in [1.54, 1.807) is 0 Å². The summed E-state index contributed by atoms with van der Waals surface area (Å²) in [6, 6.07) is 4.62. The molecule has 39 heavy (non-hydrogen) atoms. The molecule has 1 fully saturated rings. The van der Waals surface area contributed by atoms with E-state index in [0.717, 1.165) is 24.4 Å². The van der Waals surface area contributed by atoms with E-state index in [1.165, 1.54) is 22.1 Å². The van der Waals surface area contributed by atoms with E-state index in [4.69, 9.17) is 15.8 Å². The average molecular weight is 587 g/mol. The number of allylic oxidation sites excluding steroid dienone is 1. The predicted molar refractivity (Wildman–Crippen MR) is 143 cm³/mol. The molecular weight excluding hydrogens is 565 g/mol. The van der Waals surface area contributed by atoms with Crippen LogP contribution >= 0.6 is 23.3 Å². The summed E-state index contributed by atoms with van der Waals surface area (Å²) in [4.78, 5) is 49.0. The zero-order valence-electron chi connectivity index (χ0n) is 20.2. The van der Waals surface area contributed by atoms with Gasteiger partial charge in [0.15, 0.2) is 24.1 Å². The number of hydrogen-bond acceptors (Lipinski definition) is 12. The van der Waals surface area contributed by atoms with Gasteiger partial charge in [0.2, 0.25) is 11.5 Å². The zero-order chi connectivity index (χ0) is 27.9. The molecule has 5 rings (SSSR count). The number of nitriles is 1. The van der Waals surface area contributed by atoms with Crippen molar-refractivity contribution in [1.82, 2.24) is 19.6 Å². The summed E-state index contributed by atoms with van der Waals surface area (Å²) in [7, 11) is 0. The number of thiocyanates is 1. The quantitative estimate of drug-likeness (QED) is 0.0734. The first-order valence-corrected chi connectivity index (χ1v) is 13.7. The number of nitrogens with one attached hydrogen (secondary N) is 1. The second kappa shape index (κ2) is 12.7. The predicted octanol–water partition coefficient (Wildman–Crippen LogP) is 0.300. The summed E-state index contributed by atoms with van der Waals surface area (Å²) in [5.41, 5.74) is 6.03. The molecule has 4 N–H and O–H groups in total. The standard InChI is InChI=1S/C22H21N7O5S2.CHNS/c23-22-25-17(27-36-22)14(26-34-13-6-2-3-7-13)18(30)24-15-19(31)29-16(21(32)33)12(11-35-20(15)29)10-28-8-4-1-5-9-28;2-1-3/h1-2,4-6,8-9,13,15,20H,3,7,10-11H2,(H3-,23,24,25,27,30,32,33);3H/t13?,15?,20-;/m1./s1. The third kappa shape index (κ3) is 6.33. The van der Waals surface area contributed by atoms with Gasteiger partial charge in [-0.05, 0) is 18.9 Å². The zero-order valence-corrected chi connectivity index (χ0v) is 22.6. The molecule has 3 aliphatic rings. The summed E-state index contributed by atoms with van der Waals surface area (Å²) in [6.07, 6.45) is 8.76. The topological polar surface area (TPSA) is 188 Å². The Hall–Kier alpha value is -4.07. The number of β-lactam (4-membered cyclic amide) rings is 1. The molecule has 0 radical (unpaired) electrons. The molecule has 202 valence electrons. The van der Waals surface area contributed by atoms with Crippen molar-refractivity contribution in [2.45, 2.75) is 36.9 Å². The number of carboxylic acids is 1. The number of rotatable bonds is 8. The fraction of sp³-hybridized carbons (Fsp3) is 0.304. The molecule has 13 nitrogen and oxygen atoms in total. The lowest BCUT2D eigenvalue weighted by atomic mass is 10.0. The van der Waals surface area contributed by atoms with Crippen LogP contribution in [0.15, 0.2) is 59.2 Å². The van der Waals surface area contributed by atoms with Crippen LogP contribution in [0.5, 0.6) is 0 Å². The highest BCUT2D eigenvalue weighted by Gasteiger charge is 2.54. The number of thioether (sulfide) groups is 1. The number of carbonyl (C=O) groups is 3. The molecule has 2 amide bonds. The van der Waals surface area contributed by atoms with Crippen LogP contribution in [-0.4, -0.2) is 66.1 Å². The maximum atomic E-state index is 13.1. The number of pyridine rings is 1. The Kier molecular flexibility index (Phi) is 9.07. The van der Waals surface area contributed by atoms with E-state index in [9.17, 15) is 19.5 Å². The summed E-state index contributed by atoms with van der Waals surface area (Å²) < 4.78 is 5.89. The second-order valence-electron chi connectivity index (χ2n) is 8.30. The van der Waals surface area contributed by atoms with Gasteiger partial charge in [0.25, 0.3) is 11.8 Å². The molecule has 2 aromatic heterocycles. The lowest BCUT2D eigenvalue weighted by Crippen LogP contribution is -2.71. The van der Waals surface area contributed by atoms with Gasteiger partial charge in [0.1, 0.15) is 23.2 Å². The molecule has 4 heterocycles. The highest BCUT2D eigenvalue weighted by Crippen LogP contribution is 2.40. The van der Waals surface area contributed by atoms with Gasteiger partial charge in [-0.3, -0.25) is 14.5 Å². The number of carbonyl (C=O) groups excluding carboxylic acids is 2. The van der Waals surface area contributed by atoms with E-state index in [-0.39, 0.29) is 28.5 Å². The van der Waals surface area contributed by atoms with Crippen LogP contribution < -0.4 is 15.6 Å². The van der Waals surface area contributed by atoms with Crippen molar-refractivity contribution in [2.75, 3.05) is 11.5 Å². The van der Waals surface area contributed by atoms with E-state index < -0.39 is 29.2 Å². The largest absolute Gasteiger partial charge is 0.696 e. The van der Waals surface area contributed by atoms with Crippen molar-refractivity contribution >= 4 is 64.6 Å². The third-order valence-electron chi connectivity index (χ3n) is 5.80. The molecule has 0 spiro atoms. The molecule has 3 atom stereocenters. The molecule has 1 aliphatic carbocycles. The first kappa shape index (κ1) is 28.0. The molecule has 1 saturated heterocycles. The van der Waals surface area contributed by atoms with Crippen molar-refractivity contribution < 1.29 is 28.9 Å². The Balaban J connectivity index is 0.00000112. The van der Waals surface area contributed by atoms with Crippen LogP contribution in [0.2, 0.25) is 0 Å². The number of amides is 2. The van der Waals surface area contributed by atoms with E-state index >= 15 is 0 Å². The van der Waals surface area contributed by atoms with Gasteiger partial charge in [-0.2, -0.15) is 9.36 Å². The average Bonchev–Trinajstić information content (AvgIpc) is 3.60. The van der Waals surface area contributed by atoms with Gasteiger partial charge in [-0.25, -0.2) is 14.6 Å². The van der Waals surface area contributed by atoms with Crippen molar-refractivity contribution in [3.05, 3.63) is 59.8 Å². The maximum absolute atomic E-state index is 13.1. The fourth-order valence-corrected chi connectivity index (χ4v) is 5.87. The minimum atomic E-state index is -1.19. The maximum Gasteiger partial charge on any atom is 0.352 e. The van der Waals surface area contributed by atoms with Crippen LogP contribution in [0.3, 0.4) is 0 Å². The van der Waals surface area contributed by atoms with Crippen LogP contribution in [0, 0.1) is 10.7 Å². The molecule has 0 bridgehead atoms. The van der Waals surface area contributed by atoms with Crippen LogP contribution in [-0.2, 0) is 38.4 Å². The summed E-state index contributed by atoms with van der Waals surface area (Å²) >= 11 is 5.99. The SMILES string of the molecule is N#C[S-].Nc1nc(C(=NOC2C=CCC2)C(=O)NC2C(=O)N3C(C(=O)O)=C(C[n+]4ccccc4)CS[C@H]23)ns1. The van der Waals surface area contributed by atoms with Gasteiger partial charge in [0, 0.05) is 35.0 Å². The number of oxime groups is 1. The Morgan fingerprint density at radius 2 is 2.13 bits per heavy atom. The van der Waals surface area contributed by atoms with Gasteiger partial charge in [-0.1, -0.05) is 22.7 Å². The highest BCUT2D eigenvalue weighted by molar-refractivity contribution is 8.00. The lowest BCUT2D eigenvalue weighted by Gasteiger charge is -2.49. The number of fused-ring (bicyclic) bond motifs is 1. The minimum absolute atomic E-state index is 0.00908. The Bertz CT molecular complexity index is 1390. The summed E-state index contributed by atoms with van der Waals surface area (Å²) in [5.74, 6) is -2.03. The molecule has 16 heteroatoms. The normalized spacial score (nSPS) is 21.7. The Morgan fingerprint density at radius 3 is 2.74 bits per heavy atom. The summed E-state index contributed by atoms with van der Waals surface area (Å²) in [5, 5.41) is 24.6. The molecule has 0 saturated carbocycles. The smallest absolute Gasteiger partial charge is 0.352 e. The monoisotopic (exact) mass is 586 g/mol. The first-order valence-electron chi connectivity index (χ1n) is 11.5. The van der Waals surface area contributed by atoms with Crippen molar-refractivity contribution in [1.29, 1.82) is 5.26 Å². The molecule has 2 unspecified atom stereocenters. The van der Waals surface area contributed by atoms with Gasteiger partial charge >= 0.3 is 5.97 Å². The van der Waals surface area contributed by atoms with E-state index in [0.29, 0.717) is 17.9 Å². The van der Waals surface area contributed by atoms with Gasteiger partial charge in [-0.15, -0.1) is 11.8 Å². The Labute approximate surface area is 236 Å². The van der Waals surface area contributed by atoms with Crippen LogP contribution in [0.4, 0.5) is 5.13 Å². The number of carboxylic acid groups (broad SMARTS) is 1. The van der Waals surface area contributed by atoms with E-state index in [1.807, 2.05) is 47.3 Å². The number of nitrogens with zero attached hydrogens (tertiary/aromatic N) is 6. The summed E-state index contributed by atoms with van der Waals surface area (Å²) in [6.45, 7) is 0.337. The highest BCUT2D eigenvalue weighted by atomic mass is 32.2. The number of anilines is 1. The first-order chi connectivity index (χ1) is 18.8. The third-order valence-corrected chi connectivity index (χ3v) is 7.69. The fourth-order valence-electron chi connectivity index (χ4n) is 4.10. The number of aliphatic carboxylic acids is 1. The van der Waals surface area contributed by atoms with Gasteiger partial charge < -0.3 is 33.6 Å². The van der Waals surface area contributed by atoms with E-state index in [2.05, 4.69) is 32.5 Å². The van der Waals surface area contributed by atoms with Crippen LogP contribution in [0.1, 0.15) is 18.7 Å². The van der Waals surface area contributed by atoms with Crippen molar-refractivity contribution in [3.63, 3.8) is 0 Å². The number of nitrogen functional groups attached to an aromatic ring is 1. The molecule has 0 aromatic carbocycles. The number of nitrogens with two attached hydrogens (primary N) is 1. The Morgan fingerprint density at radius 1 is 1.38 bits per heavy atom. The number of hydrogen-bond donors (Lipinski definition) is 3. The second-order valence-corrected chi connectivity index (χ2v) is 10.4. The lowest BCUT2D eigenvalue weighted by molar-refractivity contribution is -0.689.